The topological polar surface area (TPSA) is 44.8 Å². The van der Waals surface area contributed by atoms with Gasteiger partial charge >= 0.3 is 6.03 Å². The Morgan fingerprint density at radius 3 is 2.16 bits per heavy atom. The molecule has 4 fully saturated rings. The Morgan fingerprint density at radius 1 is 0.842 bits per heavy atom. The molecule has 2 aromatic carbocycles. The standard InChI is InChI=1S/C32H42ClN3O2/c33-26-8-6-24(7-9-26)25-16-18-35(19-17-25)32(37)34-27-10-14-30(15-11-27)38-31-20-28-12-13-29(21-31)36(28)22-23-4-2-1-3-5-23/h6-11,14-15,23,25,28-29,31H,1-5,12-13,16-22H2,(H,34,37)/t28-,29+,31+. The van der Waals surface area contributed by atoms with Crippen LogP contribution >= 0.6 is 11.6 Å². The molecule has 1 saturated carbocycles. The fraction of sp³-hybridized carbons (Fsp3) is 0.594. The van der Waals surface area contributed by atoms with E-state index < -0.39 is 0 Å². The molecule has 0 unspecified atom stereocenters. The van der Waals surface area contributed by atoms with Crippen molar-refractivity contribution < 1.29 is 9.53 Å². The number of rotatable bonds is 6. The number of hydrogen-bond donors (Lipinski definition) is 1. The summed E-state index contributed by atoms with van der Waals surface area (Å²) in [6.45, 7) is 2.85. The first-order chi connectivity index (χ1) is 18.6. The van der Waals surface area contributed by atoms with Crippen LogP contribution in [-0.4, -0.2) is 53.7 Å². The average molecular weight is 536 g/mol. The van der Waals surface area contributed by atoms with E-state index in [2.05, 4.69) is 22.3 Å². The van der Waals surface area contributed by atoms with Crippen molar-refractivity contribution in [1.82, 2.24) is 9.80 Å². The first-order valence-corrected chi connectivity index (χ1v) is 15.3. The zero-order valence-corrected chi connectivity index (χ0v) is 23.2. The molecule has 0 spiro atoms. The molecule has 3 saturated heterocycles. The lowest BCUT2D eigenvalue weighted by atomic mass is 9.87. The number of carbonyl (C=O) groups excluding carboxylic acids is 1. The maximum absolute atomic E-state index is 12.9. The molecule has 6 rings (SSSR count). The predicted molar refractivity (Wildman–Crippen MR) is 154 cm³/mol. The van der Waals surface area contributed by atoms with E-state index >= 15 is 0 Å². The highest BCUT2D eigenvalue weighted by Gasteiger charge is 2.42. The van der Waals surface area contributed by atoms with Gasteiger partial charge in [0.15, 0.2) is 0 Å². The number of piperidine rings is 2. The summed E-state index contributed by atoms with van der Waals surface area (Å²) in [5, 5.41) is 3.85. The normalized spacial score (nSPS) is 26.9. The second kappa shape index (κ2) is 11.9. The number of nitrogens with zero attached hydrogens (tertiary/aromatic N) is 2. The number of ether oxygens (including phenoxy) is 1. The number of likely N-dealkylation sites (tertiary alicyclic amines) is 1. The van der Waals surface area contributed by atoms with Crippen molar-refractivity contribution in [3.05, 3.63) is 59.1 Å². The van der Waals surface area contributed by atoms with Gasteiger partial charge in [-0.1, -0.05) is 43.0 Å². The molecule has 204 valence electrons. The van der Waals surface area contributed by atoms with Gasteiger partial charge in [-0.2, -0.15) is 0 Å². The molecule has 6 heteroatoms. The Morgan fingerprint density at radius 2 is 1.50 bits per heavy atom. The first kappa shape index (κ1) is 26.0. The molecule has 2 bridgehead atoms. The van der Waals surface area contributed by atoms with E-state index in [0.29, 0.717) is 24.1 Å². The van der Waals surface area contributed by atoms with Crippen LogP contribution in [-0.2, 0) is 0 Å². The van der Waals surface area contributed by atoms with Crippen molar-refractivity contribution in [1.29, 1.82) is 0 Å². The van der Waals surface area contributed by atoms with Crippen LogP contribution in [0.5, 0.6) is 5.75 Å². The summed E-state index contributed by atoms with van der Waals surface area (Å²) in [5.74, 6) is 2.32. The van der Waals surface area contributed by atoms with Crippen molar-refractivity contribution in [3.8, 4) is 5.75 Å². The third kappa shape index (κ3) is 6.15. The van der Waals surface area contributed by atoms with Crippen LogP contribution in [0.4, 0.5) is 10.5 Å². The Kier molecular flexibility index (Phi) is 8.13. The molecule has 0 radical (unpaired) electrons. The second-order valence-corrected chi connectivity index (χ2v) is 12.5. The molecule has 38 heavy (non-hydrogen) atoms. The van der Waals surface area contributed by atoms with Crippen LogP contribution in [0.15, 0.2) is 48.5 Å². The van der Waals surface area contributed by atoms with Crippen molar-refractivity contribution in [2.24, 2.45) is 5.92 Å². The monoisotopic (exact) mass is 535 g/mol. The van der Waals surface area contributed by atoms with Gasteiger partial charge in [0.05, 0.1) is 0 Å². The zero-order chi connectivity index (χ0) is 25.9. The fourth-order valence-electron chi connectivity index (χ4n) is 7.45. The first-order valence-electron chi connectivity index (χ1n) is 14.9. The summed E-state index contributed by atoms with van der Waals surface area (Å²) >= 11 is 6.03. The van der Waals surface area contributed by atoms with Gasteiger partial charge in [0.2, 0.25) is 0 Å². The van der Waals surface area contributed by atoms with E-state index in [9.17, 15) is 4.79 Å². The SMILES string of the molecule is O=C(Nc1ccc(O[C@H]2C[C@H]3CC[C@@H](C2)N3CC2CCCCC2)cc1)N1CCC(c2ccc(Cl)cc2)CC1. The van der Waals surface area contributed by atoms with Crippen LogP contribution in [0.25, 0.3) is 0 Å². The van der Waals surface area contributed by atoms with Gasteiger partial charge in [0, 0.05) is 42.4 Å². The minimum absolute atomic E-state index is 0.0184. The second-order valence-electron chi connectivity index (χ2n) is 12.1. The molecular weight excluding hydrogens is 494 g/mol. The number of nitrogens with one attached hydrogen (secondary N) is 1. The van der Waals surface area contributed by atoms with E-state index in [4.69, 9.17) is 16.3 Å². The number of urea groups is 1. The Bertz CT molecular complexity index is 1050. The van der Waals surface area contributed by atoms with Crippen LogP contribution in [0, 0.1) is 5.92 Å². The maximum atomic E-state index is 12.9. The lowest BCUT2D eigenvalue weighted by Crippen LogP contribution is -2.48. The molecule has 3 aliphatic heterocycles. The number of hydrogen-bond acceptors (Lipinski definition) is 3. The van der Waals surface area contributed by atoms with Crippen molar-refractivity contribution in [2.75, 3.05) is 25.0 Å². The number of carbonyl (C=O) groups is 1. The third-order valence-electron chi connectivity index (χ3n) is 9.57. The van der Waals surface area contributed by atoms with Gasteiger partial charge in [-0.3, -0.25) is 4.90 Å². The summed E-state index contributed by atoms with van der Waals surface area (Å²) in [6, 6.07) is 17.5. The largest absolute Gasteiger partial charge is 0.490 e. The van der Waals surface area contributed by atoms with Gasteiger partial charge in [-0.15, -0.1) is 0 Å². The molecule has 5 nitrogen and oxygen atoms in total. The van der Waals surface area contributed by atoms with Crippen LogP contribution in [0.1, 0.15) is 82.1 Å². The highest BCUT2D eigenvalue weighted by molar-refractivity contribution is 6.30. The molecule has 0 aromatic heterocycles. The third-order valence-corrected chi connectivity index (χ3v) is 9.82. The van der Waals surface area contributed by atoms with Gasteiger partial charge in [0.25, 0.3) is 0 Å². The number of halogens is 1. The van der Waals surface area contributed by atoms with Crippen molar-refractivity contribution >= 4 is 23.3 Å². The van der Waals surface area contributed by atoms with E-state index in [1.54, 1.807) is 0 Å². The molecule has 4 aliphatic rings. The Hall–Kier alpha value is -2.24. The van der Waals surface area contributed by atoms with Crippen LogP contribution < -0.4 is 10.1 Å². The molecule has 1 aliphatic carbocycles. The lowest BCUT2D eigenvalue weighted by molar-refractivity contribution is 0.0356. The van der Waals surface area contributed by atoms with Crippen LogP contribution in [0.3, 0.4) is 0 Å². The summed E-state index contributed by atoms with van der Waals surface area (Å²) in [5.41, 5.74) is 2.14. The molecule has 2 aromatic rings. The number of anilines is 1. The molecule has 3 atom stereocenters. The van der Waals surface area contributed by atoms with Gasteiger partial charge in [-0.05, 0) is 105 Å². The molecular formula is C32H42ClN3O2. The Labute approximate surface area is 232 Å². The van der Waals surface area contributed by atoms with E-state index in [1.807, 2.05) is 41.3 Å². The Balaban J connectivity index is 0.958. The van der Waals surface area contributed by atoms with Crippen molar-refractivity contribution in [3.63, 3.8) is 0 Å². The van der Waals surface area contributed by atoms with Crippen LogP contribution in [0.2, 0.25) is 5.02 Å². The molecule has 2 amide bonds. The predicted octanol–water partition coefficient (Wildman–Crippen LogP) is 7.71. The van der Waals surface area contributed by atoms with Crippen molar-refractivity contribution in [2.45, 2.75) is 94.7 Å². The summed E-state index contributed by atoms with van der Waals surface area (Å²) in [6.07, 6.45) is 14.4. The van der Waals surface area contributed by atoms with Gasteiger partial charge in [0.1, 0.15) is 11.9 Å². The average Bonchev–Trinajstić information content (AvgIpc) is 3.17. The van der Waals surface area contributed by atoms with E-state index in [-0.39, 0.29) is 6.03 Å². The van der Waals surface area contributed by atoms with Gasteiger partial charge < -0.3 is 15.0 Å². The number of benzene rings is 2. The van der Waals surface area contributed by atoms with E-state index in [1.165, 1.54) is 57.1 Å². The quantitative estimate of drug-likeness (QED) is 0.412. The summed E-state index contributed by atoms with van der Waals surface area (Å²) < 4.78 is 6.45. The summed E-state index contributed by atoms with van der Waals surface area (Å²) in [4.78, 5) is 17.6. The fourth-order valence-corrected chi connectivity index (χ4v) is 7.58. The number of amides is 2. The molecule has 3 heterocycles. The zero-order valence-electron chi connectivity index (χ0n) is 22.5. The highest BCUT2D eigenvalue weighted by Crippen LogP contribution is 2.39. The smallest absolute Gasteiger partial charge is 0.321 e. The minimum Gasteiger partial charge on any atom is -0.490 e. The minimum atomic E-state index is -0.0184. The summed E-state index contributed by atoms with van der Waals surface area (Å²) in [7, 11) is 0. The maximum Gasteiger partial charge on any atom is 0.321 e. The van der Waals surface area contributed by atoms with E-state index in [0.717, 1.165) is 61.2 Å². The number of fused-ring (bicyclic) bond motifs is 2. The lowest BCUT2D eigenvalue weighted by Gasteiger charge is -2.41. The van der Waals surface area contributed by atoms with Gasteiger partial charge in [-0.25, -0.2) is 4.79 Å². The molecule has 1 N–H and O–H groups in total. The highest BCUT2D eigenvalue weighted by atomic mass is 35.5.